The molecule has 3 atom stereocenters. The summed E-state index contributed by atoms with van der Waals surface area (Å²) < 4.78 is 0. The number of rotatable bonds is 4. The lowest BCUT2D eigenvalue weighted by atomic mass is 9.96. The Morgan fingerprint density at radius 1 is 1.14 bits per heavy atom. The summed E-state index contributed by atoms with van der Waals surface area (Å²) >= 11 is 0. The van der Waals surface area contributed by atoms with Crippen LogP contribution in [0.15, 0.2) is 30.3 Å². The van der Waals surface area contributed by atoms with Crippen molar-refractivity contribution in [1.82, 2.24) is 10.2 Å². The fourth-order valence-electron chi connectivity index (χ4n) is 3.06. The number of amides is 2. The normalized spacial score (nSPS) is 24.1. The lowest BCUT2D eigenvalue weighted by molar-refractivity contribution is -0.151. The van der Waals surface area contributed by atoms with E-state index in [0.29, 0.717) is 5.92 Å². The van der Waals surface area contributed by atoms with Gasteiger partial charge >= 0.3 is 0 Å². The monoisotopic (exact) mass is 288 g/mol. The highest BCUT2D eigenvalue weighted by atomic mass is 16.2. The van der Waals surface area contributed by atoms with Crippen LogP contribution in [-0.2, 0) is 9.59 Å². The van der Waals surface area contributed by atoms with Crippen molar-refractivity contribution in [3.8, 4) is 0 Å². The van der Waals surface area contributed by atoms with E-state index < -0.39 is 12.1 Å². The van der Waals surface area contributed by atoms with Gasteiger partial charge in [0.2, 0.25) is 5.91 Å². The van der Waals surface area contributed by atoms with Crippen molar-refractivity contribution in [1.29, 1.82) is 0 Å². The van der Waals surface area contributed by atoms with Crippen molar-refractivity contribution in [3.63, 3.8) is 0 Å². The largest absolute Gasteiger partial charge is 0.339 e. The van der Waals surface area contributed by atoms with Gasteiger partial charge in [-0.1, -0.05) is 44.2 Å². The van der Waals surface area contributed by atoms with Crippen molar-refractivity contribution in [2.75, 3.05) is 0 Å². The molecule has 2 amide bonds. The van der Waals surface area contributed by atoms with Crippen LogP contribution >= 0.6 is 0 Å². The van der Waals surface area contributed by atoms with E-state index in [4.69, 9.17) is 0 Å². The lowest BCUT2D eigenvalue weighted by Crippen LogP contribution is -2.61. The predicted molar refractivity (Wildman–Crippen MR) is 82.6 cm³/mol. The summed E-state index contributed by atoms with van der Waals surface area (Å²) in [5, 5.41) is 2.84. The van der Waals surface area contributed by atoms with Crippen LogP contribution < -0.4 is 5.32 Å². The third kappa shape index (κ3) is 3.26. The molecular weight excluding hydrogens is 264 g/mol. The average molecular weight is 288 g/mol. The van der Waals surface area contributed by atoms with Gasteiger partial charge in [-0.25, -0.2) is 0 Å². The summed E-state index contributed by atoms with van der Waals surface area (Å²) in [6.07, 6.45) is 0.894. The molecule has 4 nitrogen and oxygen atoms in total. The van der Waals surface area contributed by atoms with Crippen molar-refractivity contribution < 1.29 is 9.59 Å². The molecule has 0 spiro atoms. The van der Waals surface area contributed by atoms with Gasteiger partial charge in [0.25, 0.3) is 5.91 Å². The first-order chi connectivity index (χ1) is 9.91. The van der Waals surface area contributed by atoms with Gasteiger partial charge in [0.1, 0.15) is 12.1 Å². The zero-order valence-electron chi connectivity index (χ0n) is 13.2. The number of hydrogen-bond donors (Lipinski definition) is 1. The van der Waals surface area contributed by atoms with E-state index in [9.17, 15) is 9.59 Å². The molecule has 1 aliphatic heterocycles. The first-order valence-electron chi connectivity index (χ1n) is 7.59. The molecule has 1 heterocycles. The van der Waals surface area contributed by atoms with E-state index in [1.165, 1.54) is 0 Å². The molecule has 0 aromatic heterocycles. The Balaban J connectivity index is 2.27. The maximum Gasteiger partial charge on any atom is 0.250 e. The molecule has 114 valence electrons. The molecule has 1 aromatic rings. The second-order valence-corrected chi connectivity index (χ2v) is 6.25. The topological polar surface area (TPSA) is 49.4 Å². The summed E-state index contributed by atoms with van der Waals surface area (Å²) in [6.45, 7) is 8.08. The number of piperazine rings is 1. The maximum absolute atomic E-state index is 12.8. The van der Waals surface area contributed by atoms with E-state index in [2.05, 4.69) is 19.2 Å². The summed E-state index contributed by atoms with van der Waals surface area (Å²) in [4.78, 5) is 26.8. The smallest absolute Gasteiger partial charge is 0.250 e. The van der Waals surface area contributed by atoms with Crippen molar-refractivity contribution in [2.45, 2.75) is 52.2 Å². The van der Waals surface area contributed by atoms with E-state index in [0.717, 1.165) is 12.0 Å². The summed E-state index contributed by atoms with van der Waals surface area (Å²) in [5.41, 5.74) is 0.837. The Morgan fingerprint density at radius 2 is 1.76 bits per heavy atom. The van der Waals surface area contributed by atoms with Gasteiger partial charge in [-0.15, -0.1) is 0 Å². The molecule has 1 aromatic carbocycles. The molecular formula is C17H24N2O2. The zero-order valence-corrected chi connectivity index (χ0v) is 13.2. The Hall–Kier alpha value is -1.84. The van der Waals surface area contributed by atoms with Crippen LogP contribution in [0.4, 0.5) is 0 Å². The molecule has 21 heavy (non-hydrogen) atoms. The molecule has 4 heteroatoms. The molecule has 1 fully saturated rings. The molecule has 0 radical (unpaired) electrons. The minimum Gasteiger partial charge on any atom is -0.339 e. The number of benzene rings is 1. The van der Waals surface area contributed by atoms with Crippen molar-refractivity contribution in [2.24, 2.45) is 5.92 Å². The molecule has 1 saturated heterocycles. The minimum atomic E-state index is -0.565. The van der Waals surface area contributed by atoms with Gasteiger partial charge in [0, 0.05) is 6.04 Å². The van der Waals surface area contributed by atoms with Gasteiger partial charge in [0.15, 0.2) is 0 Å². The number of carbonyl (C=O) groups excluding carboxylic acids is 2. The number of nitrogens with one attached hydrogen (secondary N) is 1. The lowest BCUT2D eigenvalue weighted by Gasteiger charge is -2.41. The highest BCUT2D eigenvalue weighted by molar-refractivity contribution is 5.97. The van der Waals surface area contributed by atoms with E-state index >= 15 is 0 Å². The van der Waals surface area contributed by atoms with E-state index in [-0.39, 0.29) is 17.9 Å². The van der Waals surface area contributed by atoms with Crippen LogP contribution in [0.25, 0.3) is 0 Å². The number of hydrogen-bond acceptors (Lipinski definition) is 2. The maximum atomic E-state index is 12.8. The fraction of sp³-hybridized carbons (Fsp3) is 0.529. The third-order valence-corrected chi connectivity index (χ3v) is 4.01. The summed E-state index contributed by atoms with van der Waals surface area (Å²) in [6, 6.07) is 8.51. The predicted octanol–water partition coefficient (Wildman–Crippen LogP) is 2.51. The van der Waals surface area contributed by atoms with Gasteiger partial charge < -0.3 is 10.2 Å². The molecule has 1 aliphatic rings. The SMILES string of the molecule is CC(C)CC(C)N1C(=O)C(c2ccccc2)NC(=O)C1C. The highest BCUT2D eigenvalue weighted by Crippen LogP contribution is 2.25. The molecule has 3 unspecified atom stereocenters. The van der Waals surface area contributed by atoms with Crippen LogP contribution in [0.5, 0.6) is 0 Å². The Kier molecular flexibility index (Phi) is 4.66. The molecule has 2 rings (SSSR count). The number of nitrogens with zero attached hydrogens (tertiary/aromatic N) is 1. The van der Waals surface area contributed by atoms with Gasteiger partial charge in [-0.3, -0.25) is 9.59 Å². The van der Waals surface area contributed by atoms with Crippen molar-refractivity contribution >= 4 is 11.8 Å². The quantitative estimate of drug-likeness (QED) is 0.925. The fourth-order valence-corrected chi connectivity index (χ4v) is 3.06. The Bertz CT molecular complexity index is 513. The van der Waals surface area contributed by atoms with E-state index in [1.54, 1.807) is 11.8 Å². The Morgan fingerprint density at radius 3 is 2.33 bits per heavy atom. The minimum absolute atomic E-state index is 0.0125. The van der Waals surface area contributed by atoms with Crippen LogP contribution in [0.1, 0.15) is 45.7 Å². The van der Waals surface area contributed by atoms with Crippen LogP contribution in [-0.4, -0.2) is 28.8 Å². The zero-order chi connectivity index (χ0) is 15.6. The molecule has 0 saturated carbocycles. The van der Waals surface area contributed by atoms with Crippen LogP contribution in [0, 0.1) is 5.92 Å². The molecule has 0 aliphatic carbocycles. The molecule has 1 N–H and O–H groups in total. The third-order valence-electron chi connectivity index (χ3n) is 4.01. The molecule has 0 bridgehead atoms. The Labute approximate surface area is 126 Å². The van der Waals surface area contributed by atoms with Gasteiger partial charge in [0.05, 0.1) is 0 Å². The van der Waals surface area contributed by atoms with Crippen LogP contribution in [0.2, 0.25) is 0 Å². The standard InChI is InChI=1S/C17H24N2O2/c1-11(2)10-12(3)19-13(4)16(20)18-15(17(19)21)14-8-6-5-7-9-14/h5-9,11-13,15H,10H2,1-4H3,(H,18,20). The van der Waals surface area contributed by atoms with Crippen molar-refractivity contribution in [3.05, 3.63) is 35.9 Å². The first kappa shape index (κ1) is 15.5. The van der Waals surface area contributed by atoms with Crippen LogP contribution in [0.3, 0.4) is 0 Å². The second-order valence-electron chi connectivity index (χ2n) is 6.25. The first-order valence-corrected chi connectivity index (χ1v) is 7.59. The average Bonchev–Trinajstić information content (AvgIpc) is 2.43. The summed E-state index contributed by atoms with van der Waals surface area (Å²) in [7, 11) is 0. The highest BCUT2D eigenvalue weighted by Gasteiger charge is 2.40. The number of carbonyl (C=O) groups is 2. The van der Waals surface area contributed by atoms with Gasteiger partial charge in [-0.2, -0.15) is 0 Å². The van der Waals surface area contributed by atoms with E-state index in [1.807, 2.05) is 37.3 Å². The second kappa shape index (κ2) is 6.29. The summed E-state index contributed by atoms with van der Waals surface area (Å²) in [5.74, 6) is 0.390. The van der Waals surface area contributed by atoms with Gasteiger partial charge in [-0.05, 0) is 31.7 Å².